The van der Waals surface area contributed by atoms with Gasteiger partial charge in [0.05, 0.1) is 23.4 Å². The molecule has 4 aromatic rings. The molecular formula is C30H33N5O3. The van der Waals surface area contributed by atoms with E-state index in [-0.39, 0.29) is 6.03 Å². The first-order chi connectivity index (χ1) is 18.7. The Kier molecular flexibility index (Phi) is 5.82. The van der Waals surface area contributed by atoms with Gasteiger partial charge >= 0.3 is 6.03 Å². The second kappa shape index (κ2) is 9.49. The van der Waals surface area contributed by atoms with E-state index < -0.39 is 0 Å². The highest BCUT2D eigenvalue weighted by molar-refractivity contribution is 6.03. The van der Waals surface area contributed by atoms with Gasteiger partial charge in [-0.2, -0.15) is 4.98 Å². The van der Waals surface area contributed by atoms with Gasteiger partial charge in [0.2, 0.25) is 0 Å². The molecule has 3 aliphatic carbocycles. The maximum Gasteiger partial charge on any atom is 0.319 e. The molecule has 0 aliphatic heterocycles. The van der Waals surface area contributed by atoms with E-state index in [1.165, 1.54) is 12.8 Å². The van der Waals surface area contributed by atoms with Crippen molar-refractivity contribution in [3.8, 4) is 28.5 Å². The highest BCUT2D eigenvalue weighted by Gasteiger charge is 2.33. The van der Waals surface area contributed by atoms with Crippen molar-refractivity contribution in [1.29, 1.82) is 0 Å². The van der Waals surface area contributed by atoms with Gasteiger partial charge < -0.3 is 24.5 Å². The number of ether oxygens (including phenoxy) is 1. The summed E-state index contributed by atoms with van der Waals surface area (Å²) in [5, 5.41) is 11.4. The fourth-order valence-electron chi connectivity index (χ4n) is 5.53. The van der Waals surface area contributed by atoms with Crippen LogP contribution in [-0.2, 0) is 0 Å². The Balaban J connectivity index is 1.33. The SMILES string of the molecule is CCOc1ccc2c(-c3nc(C4CC4)no3)c(-c3ccc(NC(=O)NC4CCC4)cc3)n(C3CCC3)c2c1. The van der Waals surface area contributed by atoms with Crippen molar-refractivity contribution in [1.82, 2.24) is 20.0 Å². The first-order valence-corrected chi connectivity index (χ1v) is 14.0. The lowest BCUT2D eigenvalue weighted by molar-refractivity contribution is 0.240. The van der Waals surface area contributed by atoms with Crippen molar-refractivity contribution in [3.05, 3.63) is 48.3 Å². The van der Waals surface area contributed by atoms with E-state index in [2.05, 4.69) is 44.6 Å². The number of carbonyl (C=O) groups excluding carboxylic acids is 1. The Labute approximate surface area is 221 Å². The lowest BCUT2D eigenvalue weighted by Crippen LogP contribution is -2.41. The smallest absolute Gasteiger partial charge is 0.319 e. The van der Waals surface area contributed by atoms with Gasteiger partial charge in [-0.15, -0.1) is 0 Å². The molecule has 0 bridgehead atoms. The zero-order valence-corrected chi connectivity index (χ0v) is 21.7. The normalized spacial score (nSPS) is 17.7. The molecule has 8 nitrogen and oxygen atoms in total. The summed E-state index contributed by atoms with van der Waals surface area (Å²) in [5.41, 5.74) is 4.99. The lowest BCUT2D eigenvalue weighted by atomic mass is 9.92. The van der Waals surface area contributed by atoms with Gasteiger partial charge in [0.15, 0.2) is 5.82 Å². The van der Waals surface area contributed by atoms with Crippen LogP contribution < -0.4 is 15.4 Å². The van der Waals surface area contributed by atoms with E-state index in [0.29, 0.717) is 30.5 Å². The number of hydrogen-bond donors (Lipinski definition) is 2. The minimum absolute atomic E-state index is 0.145. The number of rotatable bonds is 8. The molecule has 3 fully saturated rings. The van der Waals surface area contributed by atoms with Crippen LogP contribution in [0.15, 0.2) is 47.0 Å². The van der Waals surface area contributed by atoms with Crippen molar-refractivity contribution in [2.45, 2.75) is 76.3 Å². The molecule has 0 atom stereocenters. The fourth-order valence-corrected chi connectivity index (χ4v) is 5.53. The molecular weight excluding hydrogens is 478 g/mol. The molecule has 2 heterocycles. The van der Waals surface area contributed by atoms with Crippen LogP contribution in [-0.4, -0.2) is 33.4 Å². The zero-order valence-electron chi connectivity index (χ0n) is 21.7. The van der Waals surface area contributed by atoms with Crippen LogP contribution in [0.25, 0.3) is 33.6 Å². The van der Waals surface area contributed by atoms with Crippen molar-refractivity contribution < 1.29 is 14.1 Å². The fraction of sp³-hybridized carbons (Fsp3) is 0.433. The Hall–Kier alpha value is -3.81. The topological polar surface area (TPSA) is 94.2 Å². The van der Waals surface area contributed by atoms with E-state index in [1.54, 1.807) is 0 Å². The molecule has 2 aromatic carbocycles. The molecule has 2 aromatic heterocycles. The van der Waals surface area contributed by atoms with Crippen LogP contribution in [0.5, 0.6) is 5.75 Å². The molecule has 8 heteroatoms. The van der Waals surface area contributed by atoms with Crippen LogP contribution >= 0.6 is 0 Å². The molecule has 0 spiro atoms. The zero-order chi connectivity index (χ0) is 25.6. The maximum absolute atomic E-state index is 12.4. The number of nitrogens with zero attached hydrogens (tertiary/aromatic N) is 3. The monoisotopic (exact) mass is 511 g/mol. The lowest BCUT2D eigenvalue weighted by Gasteiger charge is -2.30. The average Bonchev–Trinajstić information content (AvgIpc) is 3.52. The number of benzene rings is 2. The first-order valence-electron chi connectivity index (χ1n) is 14.0. The number of carbonyl (C=O) groups is 1. The van der Waals surface area contributed by atoms with E-state index in [4.69, 9.17) is 14.2 Å². The summed E-state index contributed by atoms with van der Waals surface area (Å²) >= 11 is 0. The van der Waals surface area contributed by atoms with Crippen LogP contribution in [0.1, 0.15) is 76.1 Å². The maximum atomic E-state index is 12.4. The van der Waals surface area contributed by atoms with Gasteiger partial charge in [-0.05, 0) is 88.1 Å². The summed E-state index contributed by atoms with van der Waals surface area (Å²) in [6.45, 7) is 2.62. The molecule has 3 saturated carbocycles. The van der Waals surface area contributed by atoms with E-state index in [9.17, 15) is 4.79 Å². The Morgan fingerprint density at radius 2 is 1.84 bits per heavy atom. The Morgan fingerprint density at radius 1 is 1.05 bits per heavy atom. The van der Waals surface area contributed by atoms with E-state index >= 15 is 0 Å². The average molecular weight is 512 g/mol. The summed E-state index contributed by atoms with van der Waals surface area (Å²) in [5.74, 6) is 2.64. The van der Waals surface area contributed by atoms with E-state index in [1.807, 2.05) is 25.1 Å². The summed E-state index contributed by atoms with van der Waals surface area (Å²) in [6.07, 6.45) is 9.03. The van der Waals surface area contributed by atoms with Gasteiger partial charge in [0, 0.05) is 35.1 Å². The molecule has 0 saturated heterocycles. The van der Waals surface area contributed by atoms with Crippen LogP contribution in [0.2, 0.25) is 0 Å². The Bertz CT molecular complexity index is 1480. The number of hydrogen-bond acceptors (Lipinski definition) is 5. The van der Waals surface area contributed by atoms with Gasteiger partial charge in [-0.3, -0.25) is 0 Å². The molecule has 2 N–H and O–H groups in total. The summed E-state index contributed by atoms with van der Waals surface area (Å²) < 4.78 is 14.2. The van der Waals surface area contributed by atoms with Crippen molar-refractivity contribution >= 4 is 22.6 Å². The van der Waals surface area contributed by atoms with Crippen LogP contribution in [0, 0.1) is 0 Å². The number of urea groups is 1. The molecule has 38 heavy (non-hydrogen) atoms. The summed E-state index contributed by atoms with van der Waals surface area (Å²) in [7, 11) is 0. The quantitative estimate of drug-likeness (QED) is 0.265. The van der Waals surface area contributed by atoms with Crippen molar-refractivity contribution in [2.24, 2.45) is 0 Å². The predicted molar refractivity (Wildman–Crippen MR) is 146 cm³/mol. The molecule has 196 valence electrons. The Morgan fingerprint density at radius 3 is 2.50 bits per heavy atom. The third kappa shape index (κ3) is 4.22. The third-order valence-corrected chi connectivity index (χ3v) is 8.18. The van der Waals surface area contributed by atoms with E-state index in [0.717, 1.165) is 83.5 Å². The van der Waals surface area contributed by atoms with Crippen molar-refractivity contribution in [3.63, 3.8) is 0 Å². The second-order valence-corrected chi connectivity index (χ2v) is 10.8. The first kappa shape index (κ1) is 23.3. The highest BCUT2D eigenvalue weighted by Crippen LogP contribution is 2.48. The highest BCUT2D eigenvalue weighted by atomic mass is 16.5. The summed E-state index contributed by atoms with van der Waals surface area (Å²) in [6, 6.07) is 14.9. The molecule has 3 aliphatic rings. The molecule has 0 radical (unpaired) electrons. The second-order valence-electron chi connectivity index (χ2n) is 10.8. The van der Waals surface area contributed by atoms with Crippen molar-refractivity contribution in [2.75, 3.05) is 11.9 Å². The standard InChI is InChI=1S/C30H33N5O3/c1-2-37-23-15-16-24-25(17-23)35(22-7-4-8-22)27(26(24)29-33-28(34-38-29)19-9-10-19)18-11-13-21(14-12-18)32-30(36)31-20-5-3-6-20/h11-17,19-20,22H,2-10H2,1H3,(H2,31,32,36). The van der Waals surface area contributed by atoms with Gasteiger partial charge in [0.1, 0.15) is 5.75 Å². The molecule has 2 amide bonds. The largest absolute Gasteiger partial charge is 0.494 e. The van der Waals surface area contributed by atoms with Crippen LogP contribution in [0.3, 0.4) is 0 Å². The minimum Gasteiger partial charge on any atom is -0.494 e. The number of amides is 2. The van der Waals surface area contributed by atoms with Crippen LogP contribution in [0.4, 0.5) is 10.5 Å². The number of aromatic nitrogens is 3. The van der Waals surface area contributed by atoms with Gasteiger partial charge in [-0.1, -0.05) is 17.3 Å². The minimum atomic E-state index is -0.145. The molecule has 0 unspecified atom stereocenters. The number of nitrogens with one attached hydrogen (secondary N) is 2. The number of fused-ring (bicyclic) bond motifs is 1. The van der Waals surface area contributed by atoms with Gasteiger partial charge in [-0.25, -0.2) is 4.79 Å². The summed E-state index contributed by atoms with van der Waals surface area (Å²) in [4.78, 5) is 17.3. The third-order valence-electron chi connectivity index (χ3n) is 8.18. The van der Waals surface area contributed by atoms with Gasteiger partial charge in [0.25, 0.3) is 5.89 Å². The molecule has 7 rings (SSSR count). The predicted octanol–water partition coefficient (Wildman–Crippen LogP) is 7.03. The number of anilines is 1.